The summed E-state index contributed by atoms with van der Waals surface area (Å²) < 4.78 is 21.8. The molecule has 1 aliphatic heterocycles. The van der Waals surface area contributed by atoms with E-state index in [2.05, 4.69) is 14.8 Å². The van der Waals surface area contributed by atoms with E-state index in [4.69, 9.17) is 10.1 Å². The number of rotatable bonds is 7. The lowest BCUT2D eigenvalue weighted by Crippen LogP contribution is -2.43. The minimum atomic E-state index is -0.509. The largest absolute Gasteiger partial charge is 0.445 e. The van der Waals surface area contributed by atoms with Gasteiger partial charge in [-0.2, -0.15) is 0 Å². The second-order valence-electron chi connectivity index (χ2n) is 10.0. The predicted molar refractivity (Wildman–Crippen MR) is 140 cm³/mol. The highest BCUT2D eigenvalue weighted by molar-refractivity contribution is 6.00. The lowest BCUT2D eigenvalue weighted by molar-refractivity contribution is 0.109. The monoisotopic (exact) mass is 490 g/mol. The lowest BCUT2D eigenvalue weighted by atomic mass is 9.92. The van der Waals surface area contributed by atoms with Crippen molar-refractivity contribution in [2.75, 3.05) is 13.1 Å². The number of alkyl carbamates (subject to hydrolysis) is 1. The van der Waals surface area contributed by atoms with Crippen LogP contribution in [0.1, 0.15) is 67.8 Å². The standard InChI is InChI=1S/C29H35FN4O2/c30-22-11-12-27-25(17-22)26(18-31)28(19-32-29(35)36-20-21-7-3-1-4-8-21)34(27)24-13-15-33(16-14-24)23-9-5-2-6-10-23/h1,3-4,7-8,11-12,17-18,23-24,31H,2,5-6,9-10,13-16,19-20H2,(H,32,35). The lowest BCUT2D eigenvalue weighted by Gasteiger charge is -2.40. The Kier molecular flexibility index (Phi) is 7.66. The molecule has 1 aromatic heterocycles. The number of nitrogens with zero attached hydrogens (tertiary/aromatic N) is 2. The zero-order valence-electron chi connectivity index (χ0n) is 20.7. The van der Waals surface area contributed by atoms with Gasteiger partial charge in [0.05, 0.1) is 6.54 Å². The first kappa shape index (κ1) is 24.5. The summed E-state index contributed by atoms with van der Waals surface area (Å²) in [5, 5.41) is 11.7. The molecule has 5 rings (SSSR count). The van der Waals surface area contributed by atoms with Crippen molar-refractivity contribution < 1.29 is 13.9 Å². The van der Waals surface area contributed by atoms with Crippen molar-refractivity contribution in [1.29, 1.82) is 5.41 Å². The van der Waals surface area contributed by atoms with Gasteiger partial charge in [0.25, 0.3) is 0 Å². The molecule has 2 heterocycles. The van der Waals surface area contributed by atoms with Gasteiger partial charge in [-0.05, 0) is 49.4 Å². The van der Waals surface area contributed by atoms with Crippen LogP contribution >= 0.6 is 0 Å². The molecule has 36 heavy (non-hydrogen) atoms. The van der Waals surface area contributed by atoms with E-state index in [0.717, 1.165) is 42.7 Å². The van der Waals surface area contributed by atoms with Crippen LogP contribution in [0, 0.1) is 11.2 Å². The Morgan fingerprint density at radius 2 is 1.78 bits per heavy atom. The highest BCUT2D eigenvalue weighted by Crippen LogP contribution is 2.35. The smallest absolute Gasteiger partial charge is 0.407 e. The highest BCUT2D eigenvalue weighted by Gasteiger charge is 2.29. The molecule has 0 atom stereocenters. The summed E-state index contributed by atoms with van der Waals surface area (Å²) in [5.74, 6) is -0.323. The molecule has 1 saturated heterocycles. The Bertz CT molecular complexity index is 1190. The van der Waals surface area contributed by atoms with Crippen LogP contribution in [0.4, 0.5) is 9.18 Å². The van der Waals surface area contributed by atoms with Gasteiger partial charge in [0.2, 0.25) is 0 Å². The number of amides is 1. The van der Waals surface area contributed by atoms with Gasteiger partial charge in [-0.25, -0.2) is 9.18 Å². The van der Waals surface area contributed by atoms with Gasteiger partial charge in [-0.15, -0.1) is 0 Å². The molecule has 1 saturated carbocycles. The first-order valence-electron chi connectivity index (χ1n) is 13.2. The first-order chi connectivity index (χ1) is 17.6. The number of fused-ring (bicyclic) bond motifs is 1. The number of carbonyl (C=O) groups excluding carboxylic acids is 1. The normalized spacial score (nSPS) is 17.8. The van der Waals surface area contributed by atoms with Crippen molar-refractivity contribution in [2.24, 2.45) is 0 Å². The molecule has 3 aromatic rings. The van der Waals surface area contributed by atoms with Crippen LogP contribution in [0.3, 0.4) is 0 Å². The summed E-state index contributed by atoms with van der Waals surface area (Å²) in [5.41, 5.74) is 3.32. The van der Waals surface area contributed by atoms with Crippen molar-refractivity contribution in [2.45, 2.75) is 70.2 Å². The molecule has 2 aliphatic rings. The van der Waals surface area contributed by atoms with Gasteiger partial charge in [-0.3, -0.25) is 0 Å². The molecule has 0 bridgehead atoms. The number of carbonyl (C=O) groups is 1. The van der Waals surface area contributed by atoms with Gasteiger partial charge in [0.15, 0.2) is 0 Å². The van der Waals surface area contributed by atoms with Crippen LogP contribution in [0.25, 0.3) is 10.9 Å². The fraction of sp³-hybridized carbons (Fsp3) is 0.448. The summed E-state index contributed by atoms with van der Waals surface area (Å²) >= 11 is 0. The van der Waals surface area contributed by atoms with Crippen LogP contribution in [0.5, 0.6) is 0 Å². The quantitative estimate of drug-likeness (QED) is 0.389. The zero-order chi connectivity index (χ0) is 24.9. The van der Waals surface area contributed by atoms with Crippen LogP contribution in [-0.2, 0) is 17.9 Å². The fourth-order valence-corrected chi connectivity index (χ4v) is 6.01. The Balaban J connectivity index is 1.34. The number of halogens is 1. The summed E-state index contributed by atoms with van der Waals surface area (Å²) in [7, 11) is 0. The van der Waals surface area contributed by atoms with Crippen LogP contribution in [0.2, 0.25) is 0 Å². The summed E-state index contributed by atoms with van der Waals surface area (Å²) in [6, 6.07) is 15.3. The van der Waals surface area contributed by atoms with Gasteiger partial charge in [-0.1, -0.05) is 49.6 Å². The highest BCUT2D eigenvalue weighted by atomic mass is 19.1. The first-order valence-corrected chi connectivity index (χ1v) is 13.2. The Hall–Kier alpha value is -3.19. The van der Waals surface area contributed by atoms with E-state index in [1.807, 2.05) is 36.4 Å². The van der Waals surface area contributed by atoms with Gasteiger partial charge < -0.3 is 24.9 Å². The minimum Gasteiger partial charge on any atom is -0.445 e. The number of hydrogen-bond donors (Lipinski definition) is 2. The summed E-state index contributed by atoms with van der Waals surface area (Å²) in [6.45, 7) is 2.50. The van der Waals surface area contributed by atoms with Crippen molar-refractivity contribution in [3.05, 3.63) is 71.2 Å². The minimum absolute atomic E-state index is 0.192. The number of likely N-dealkylation sites (tertiary alicyclic amines) is 1. The van der Waals surface area contributed by atoms with E-state index < -0.39 is 6.09 Å². The molecular weight excluding hydrogens is 455 g/mol. The number of aromatic nitrogens is 1. The zero-order valence-corrected chi connectivity index (χ0v) is 20.7. The molecule has 7 heteroatoms. The number of hydrogen-bond acceptors (Lipinski definition) is 4. The van der Waals surface area contributed by atoms with Crippen LogP contribution in [-0.4, -0.2) is 40.9 Å². The molecule has 2 aromatic carbocycles. The van der Waals surface area contributed by atoms with E-state index >= 15 is 0 Å². The van der Waals surface area contributed by atoms with Crippen molar-refractivity contribution in [1.82, 2.24) is 14.8 Å². The molecular formula is C29H35FN4O2. The summed E-state index contributed by atoms with van der Waals surface area (Å²) in [6.07, 6.45) is 9.39. The topological polar surface area (TPSA) is 70.4 Å². The van der Waals surface area contributed by atoms with Gasteiger partial charge in [0.1, 0.15) is 12.4 Å². The van der Waals surface area contributed by atoms with Gasteiger partial charge >= 0.3 is 6.09 Å². The average Bonchev–Trinajstić information content (AvgIpc) is 3.24. The van der Waals surface area contributed by atoms with E-state index in [1.165, 1.54) is 50.5 Å². The van der Waals surface area contributed by atoms with Crippen LogP contribution in [0.15, 0.2) is 48.5 Å². The molecule has 2 N–H and O–H groups in total. The van der Waals surface area contributed by atoms with Crippen molar-refractivity contribution >= 4 is 23.2 Å². The maximum atomic E-state index is 14.2. The summed E-state index contributed by atoms with van der Waals surface area (Å²) in [4.78, 5) is 15.1. The Morgan fingerprint density at radius 1 is 1.03 bits per heavy atom. The van der Waals surface area contributed by atoms with Crippen molar-refractivity contribution in [3.8, 4) is 0 Å². The SMILES string of the molecule is N=Cc1c(CNC(=O)OCc2ccccc2)n(C2CCN(C3CCCCC3)CC2)c2ccc(F)cc12. The molecule has 0 spiro atoms. The molecule has 1 amide bonds. The molecule has 190 valence electrons. The average molecular weight is 491 g/mol. The predicted octanol–water partition coefficient (Wildman–Crippen LogP) is 6.17. The van der Waals surface area contributed by atoms with E-state index in [0.29, 0.717) is 17.0 Å². The number of nitrogens with one attached hydrogen (secondary N) is 2. The maximum Gasteiger partial charge on any atom is 0.407 e. The number of ether oxygens (including phenoxy) is 1. The van der Waals surface area contributed by atoms with E-state index in [1.54, 1.807) is 0 Å². The second-order valence-corrected chi connectivity index (χ2v) is 10.0. The Labute approximate surface area is 211 Å². The molecule has 1 aliphatic carbocycles. The van der Waals surface area contributed by atoms with E-state index in [-0.39, 0.29) is 25.0 Å². The Morgan fingerprint density at radius 3 is 2.50 bits per heavy atom. The fourth-order valence-electron chi connectivity index (χ4n) is 6.01. The van der Waals surface area contributed by atoms with E-state index in [9.17, 15) is 9.18 Å². The molecule has 0 radical (unpaired) electrons. The van der Waals surface area contributed by atoms with Gasteiger partial charge in [0, 0.05) is 53.5 Å². The maximum absolute atomic E-state index is 14.2. The molecule has 6 nitrogen and oxygen atoms in total. The number of piperidine rings is 1. The third kappa shape index (κ3) is 5.31. The second kappa shape index (κ2) is 11.2. The molecule has 0 unspecified atom stereocenters. The van der Waals surface area contributed by atoms with Crippen LogP contribution < -0.4 is 5.32 Å². The third-order valence-electron chi connectivity index (χ3n) is 7.82. The third-order valence-corrected chi connectivity index (χ3v) is 7.82. The molecule has 2 fully saturated rings. The number of benzene rings is 2. The van der Waals surface area contributed by atoms with Crippen molar-refractivity contribution in [3.63, 3.8) is 0 Å².